The topological polar surface area (TPSA) is 67.9 Å². The van der Waals surface area contributed by atoms with Crippen LogP contribution in [0.5, 0.6) is 5.75 Å². The average molecular weight is 276 g/mol. The van der Waals surface area contributed by atoms with Crippen molar-refractivity contribution in [3.63, 3.8) is 0 Å². The Morgan fingerprint density at radius 1 is 1.20 bits per heavy atom. The summed E-state index contributed by atoms with van der Waals surface area (Å²) in [7, 11) is 0. The molecule has 0 spiro atoms. The Hall–Kier alpha value is -2.08. The summed E-state index contributed by atoms with van der Waals surface area (Å²) in [5.74, 6) is 0.423. The minimum atomic E-state index is -0.390. The molecule has 0 radical (unpaired) electrons. The van der Waals surface area contributed by atoms with E-state index in [1.807, 2.05) is 0 Å². The van der Waals surface area contributed by atoms with Gasteiger partial charge >= 0.3 is 6.03 Å². The lowest BCUT2D eigenvalue weighted by molar-refractivity contribution is -0.115. The highest BCUT2D eigenvalue weighted by Gasteiger charge is 2.29. The van der Waals surface area contributed by atoms with Gasteiger partial charge in [-0.15, -0.1) is 0 Å². The van der Waals surface area contributed by atoms with Crippen molar-refractivity contribution in [2.75, 3.05) is 18.1 Å². The van der Waals surface area contributed by atoms with Gasteiger partial charge in [0.2, 0.25) is 0 Å². The molecule has 2 saturated heterocycles. The molecule has 6 nitrogen and oxygen atoms in total. The number of anilines is 1. The predicted octanol–water partition coefficient (Wildman–Crippen LogP) is 1.65. The number of urea groups is 1. The third kappa shape index (κ3) is 2.60. The predicted molar refractivity (Wildman–Crippen MR) is 71.5 cm³/mol. The molecule has 1 atom stereocenters. The standard InChI is InChI=1S/C14H16N2O4/c17-12-9-15-14(18)16(12)10-4-6-11(7-5-10)20-13-3-1-2-8-19-13/h4-7,13H,1-3,8-9H2,(H,15,18). The van der Waals surface area contributed by atoms with Crippen LogP contribution in [0.4, 0.5) is 10.5 Å². The van der Waals surface area contributed by atoms with Gasteiger partial charge in [-0.05, 0) is 37.1 Å². The molecular formula is C14H16N2O4. The number of rotatable bonds is 3. The summed E-state index contributed by atoms with van der Waals surface area (Å²) >= 11 is 0. The molecule has 3 rings (SSSR count). The van der Waals surface area contributed by atoms with Gasteiger partial charge in [0.05, 0.1) is 18.8 Å². The van der Waals surface area contributed by atoms with Gasteiger partial charge in [0.15, 0.2) is 6.29 Å². The number of hydrogen-bond donors (Lipinski definition) is 1. The lowest BCUT2D eigenvalue weighted by Gasteiger charge is -2.23. The van der Waals surface area contributed by atoms with E-state index in [0.29, 0.717) is 11.4 Å². The third-order valence-electron chi connectivity index (χ3n) is 3.34. The molecule has 1 aromatic carbocycles. The monoisotopic (exact) mass is 276 g/mol. The zero-order chi connectivity index (χ0) is 13.9. The van der Waals surface area contributed by atoms with E-state index < -0.39 is 0 Å². The molecule has 0 bridgehead atoms. The quantitative estimate of drug-likeness (QED) is 0.852. The smallest absolute Gasteiger partial charge is 0.329 e. The first-order valence-corrected chi connectivity index (χ1v) is 6.73. The van der Waals surface area contributed by atoms with Gasteiger partial charge in [0.1, 0.15) is 5.75 Å². The van der Waals surface area contributed by atoms with Gasteiger partial charge in [0, 0.05) is 6.42 Å². The van der Waals surface area contributed by atoms with Crippen LogP contribution in [0.25, 0.3) is 0 Å². The van der Waals surface area contributed by atoms with Crippen LogP contribution < -0.4 is 15.0 Å². The summed E-state index contributed by atoms with van der Waals surface area (Å²) in [5.41, 5.74) is 0.543. The first kappa shape index (κ1) is 12.9. The lowest BCUT2D eigenvalue weighted by atomic mass is 10.2. The molecule has 6 heteroatoms. The number of ether oxygens (including phenoxy) is 2. The Balaban J connectivity index is 1.68. The van der Waals surface area contributed by atoms with Crippen LogP contribution in [0.3, 0.4) is 0 Å². The Kier molecular flexibility index (Phi) is 3.56. The number of nitrogens with zero attached hydrogens (tertiary/aromatic N) is 1. The zero-order valence-electron chi connectivity index (χ0n) is 11.0. The van der Waals surface area contributed by atoms with Crippen LogP contribution in [-0.2, 0) is 9.53 Å². The van der Waals surface area contributed by atoms with Crippen molar-refractivity contribution in [1.29, 1.82) is 0 Å². The molecule has 1 unspecified atom stereocenters. The fourth-order valence-corrected chi connectivity index (χ4v) is 2.31. The van der Waals surface area contributed by atoms with Crippen LogP contribution in [0.2, 0.25) is 0 Å². The first-order chi connectivity index (χ1) is 9.74. The molecule has 3 amide bonds. The van der Waals surface area contributed by atoms with E-state index in [2.05, 4.69) is 5.32 Å². The number of nitrogens with one attached hydrogen (secondary N) is 1. The highest BCUT2D eigenvalue weighted by molar-refractivity contribution is 6.19. The summed E-state index contributed by atoms with van der Waals surface area (Å²) in [6.45, 7) is 0.776. The van der Waals surface area contributed by atoms with Gasteiger partial charge < -0.3 is 14.8 Å². The van der Waals surface area contributed by atoms with Crippen LogP contribution in [0.1, 0.15) is 19.3 Å². The molecule has 1 aromatic rings. The van der Waals surface area contributed by atoms with E-state index in [4.69, 9.17) is 9.47 Å². The van der Waals surface area contributed by atoms with Gasteiger partial charge in [0.25, 0.3) is 5.91 Å². The van der Waals surface area contributed by atoms with E-state index >= 15 is 0 Å². The van der Waals surface area contributed by atoms with Gasteiger partial charge in [-0.2, -0.15) is 0 Å². The third-order valence-corrected chi connectivity index (χ3v) is 3.34. The van der Waals surface area contributed by atoms with E-state index in [1.165, 1.54) is 0 Å². The average Bonchev–Trinajstić information content (AvgIpc) is 2.81. The summed E-state index contributed by atoms with van der Waals surface area (Å²) in [6.07, 6.45) is 2.86. The van der Waals surface area contributed by atoms with Crippen molar-refractivity contribution in [1.82, 2.24) is 5.32 Å². The molecule has 1 N–H and O–H groups in total. The van der Waals surface area contributed by atoms with E-state index in [1.54, 1.807) is 24.3 Å². The fraction of sp³-hybridized carbons (Fsp3) is 0.429. The molecule has 0 saturated carbocycles. The minimum absolute atomic E-state index is 0.0486. The normalized spacial score (nSPS) is 22.8. The Morgan fingerprint density at radius 2 is 2.00 bits per heavy atom. The second-order valence-electron chi connectivity index (χ2n) is 4.80. The lowest BCUT2D eigenvalue weighted by Crippen LogP contribution is -2.30. The Bertz CT molecular complexity index is 492. The second-order valence-corrected chi connectivity index (χ2v) is 4.80. The number of benzene rings is 1. The molecular weight excluding hydrogens is 260 g/mol. The van der Waals surface area contributed by atoms with E-state index in [-0.39, 0.29) is 24.8 Å². The molecule has 2 aliphatic rings. The van der Waals surface area contributed by atoms with Crippen molar-refractivity contribution in [3.05, 3.63) is 24.3 Å². The maximum atomic E-state index is 11.6. The molecule has 2 heterocycles. The molecule has 20 heavy (non-hydrogen) atoms. The van der Waals surface area contributed by atoms with Gasteiger partial charge in [-0.25, -0.2) is 9.69 Å². The highest BCUT2D eigenvalue weighted by atomic mass is 16.7. The van der Waals surface area contributed by atoms with Crippen molar-refractivity contribution in [3.8, 4) is 5.75 Å². The molecule has 2 fully saturated rings. The highest BCUT2D eigenvalue weighted by Crippen LogP contribution is 2.24. The van der Waals surface area contributed by atoms with E-state index in [0.717, 1.165) is 30.8 Å². The summed E-state index contributed by atoms with van der Waals surface area (Å²) in [5, 5.41) is 2.48. The Morgan fingerprint density at radius 3 is 2.60 bits per heavy atom. The molecule has 0 aliphatic carbocycles. The van der Waals surface area contributed by atoms with Crippen LogP contribution in [-0.4, -0.2) is 31.4 Å². The van der Waals surface area contributed by atoms with Crippen molar-refractivity contribution >= 4 is 17.6 Å². The maximum absolute atomic E-state index is 11.6. The minimum Gasteiger partial charge on any atom is -0.465 e. The number of carbonyl (C=O) groups is 2. The summed E-state index contributed by atoms with van der Waals surface area (Å²) in [6, 6.07) is 6.49. The number of imide groups is 1. The number of amides is 3. The first-order valence-electron chi connectivity index (χ1n) is 6.73. The zero-order valence-corrected chi connectivity index (χ0v) is 11.0. The van der Waals surface area contributed by atoms with Crippen LogP contribution >= 0.6 is 0 Å². The Labute approximate surface area is 116 Å². The van der Waals surface area contributed by atoms with Gasteiger partial charge in [-0.1, -0.05) is 0 Å². The molecule has 0 aromatic heterocycles. The number of hydrogen-bond acceptors (Lipinski definition) is 4. The van der Waals surface area contributed by atoms with Crippen LogP contribution in [0, 0.1) is 0 Å². The fourth-order valence-electron chi connectivity index (χ4n) is 2.31. The van der Waals surface area contributed by atoms with E-state index in [9.17, 15) is 9.59 Å². The second kappa shape index (κ2) is 5.50. The summed E-state index contributed by atoms with van der Waals surface area (Å²) < 4.78 is 11.2. The molecule has 2 aliphatic heterocycles. The van der Waals surface area contributed by atoms with Crippen molar-refractivity contribution in [2.45, 2.75) is 25.6 Å². The number of carbonyl (C=O) groups excluding carboxylic acids is 2. The van der Waals surface area contributed by atoms with Crippen LogP contribution in [0.15, 0.2) is 24.3 Å². The molecule has 106 valence electrons. The largest absolute Gasteiger partial charge is 0.465 e. The summed E-state index contributed by atoms with van der Waals surface area (Å²) in [4.78, 5) is 24.2. The van der Waals surface area contributed by atoms with Crippen molar-refractivity contribution < 1.29 is 19.1 Å². The SMILES string of the molecule is O=C1CNC(=O)N1c1ccc(OC2CCCCO2)cc1. The van der Waals surface area contributed by atoms with Crippen molar-refractivity contribution in [2.24, 2.45) is 0 Å². The maximum Gasteiger partial charge on any atom is 0.329 e. The van der Waals surface area contributed by atoms with Gasteiger partial charge in [-0.3, -0.25) is 4.79 Å².